The zero-order chi connectivity index (χ0) is 20.4. The van der Waals surface area contributed by atoms with Crippen LogP contribution in [-0.2, 0) is 14.9 Å². The highest BCUT2D eigenvalue weighted by atomic mass is 16.5. The lowest BCUT2D eigenvalue weighted by Gasteiger charge is -2.29. The largest absolute Gasteiger partial charge is 0.508 e. The number of aromatic hydroxyl groups is 2. The number of para-hydroxylation sites is 1. The predicted octanol–water partition coefficient (Wildman–Crippen LogP) is 3.38. The first-order valence-electron chi connectivity index (χ1n) is 9.09. The van der Waals surface area contributed by atoms with Gasteiger partial charge in [-0.25, -0.2) is 0 Å². The van der Waals surface area contributed by atoms with Crippen LogP contribution >= 0.6 is 0 Å². The van der Waals surface area contributed by atoms with Gasteiger partial charge in [-0.05, 0) is 41.5 Å². The maximum absolute atomic E-state index is 13.5. The molecule has 1 aliphatic heterocycles. The lowest BCUT2D eigenvalue weighted by atomic mass is 9.70. The molecule has 3 aromatic rings. The quantitative estimate of drug-likeness (QED) is 0.604. The van der Waals surface area contributed by atoms with E-state index in [0.717, 1.165) is 5.56 Å². The summed E-state index contributed by atoms with van der Waals surface area (Å²) in [7, 11) is 1.58. The van der Waals surface area contributed by atoms with Gasteiger partial charge < -0.3 is 20.3 Å². The molecule has 1 aliphatic rings. The standard InChI is InChI=1S/C24H19NO4/c1-29-15-3-5-16-4-2-6-21-22(16)25-23(28)24(21,17-7-11-19(26)12-8-17)18-9-13-20(27)14-10-18/h2,4,6-14,26-27H,15H2,1H3,(H,25,28). The number of phenolic OH excluding ortho intramolecular Hbond substituents is 2. The molecule has 0 aromatic heterocycles. The number of ether oxygens (including phenoxy) is 1. The normalized spacial score (nSPS) is 13.9. The molecule has 3 N–H and O–H groups in total. The van der Waals surface area contributed by atoms with Crippen LogP contribution in [0.4, 0.5) is 5.69 Å². The molecule has 29 heavy (non-hydrogen) atoms. The molecule has 0 saturated heterocycles. The number of hydrogen-bond donors (Lipinski definition) is 3. The molecule has 5 nitrogen and oxygen atoms in total. The average molecular weight is 385 g/mol. The van der Waals surface area contributed by atoms with Gasteiger partial charge in [0.15, 0.2) is 0 Å². The number of nitrogens with one attached hydrogen (secondary N) is 1. The SMILES string of the molecule is COCC#Cc1cccc2c1NC(=O)C2(c1ccc(O)cc1)c1ccc(O)cc1. The lowest BCUT2D eigenvalue weighted by molar-refractivity contribution is -0.118. The second-order valence-corrected chi connectivity index (χ2v) is 6.76. The summed E-state index contributed by atoms with van der Waals surface area (Å²) < 4.78 is 5.00. The molecule has 0 spiro atoms. The molecule has 4 rings (SSSR count). The Morgan fingerprint density at radius 2 is 1.52 bits per heavy atom. The molecule has 0 aliphatic carbocycles. The number of methoxy groups -OCH3 is 1. The molecular formula is C24H19NO4. The summed E-state index contributed by atoms with van der Waals surface area (Å²) in [6.07, 6.45) is 0. The highest BCUT2D eigenvalue weighted by Gasteiger charge is 2.50. The van der Waals surface area contributed by atoms with E-state index < -0.39 is 5.41 Å². The summed E-state index contributed by atoms with van der Waals surface area (Å²) in [6.45, 7) is 0.290. The molecule has 5 heteroatoms. The second-order valence-electron chi connectivity index (χ2n) is 6.76. The van der Waals surface area contributed by atoms with Gasteiger partial charge in [-0.2, -0.15) is 0 Å². The Labute approximate surface area is 168 Å². The first kappa shape index (κ1) is 18.6. The summed E-state index contributed by atoms with van der Waals surface area (Å²) in [4.78, 5) is 13.5. The minimum absolute atomic E-state index is 0.118. The van der Waals surface area contributed by atoms with Crippen LogP contribution in [0.2, 0.25) is 0 Å². The third-order valence-corrected chi connectivity index (χ3v) is 5.09. The van der Waals surface area contributed by atoms with Gasteiger partial charge in [-0.3, -0.25) is 4.79 Å². The van der Waals surface area contributed by atoms with Crippen molar-refractivity contribution >= 4 is 11.6 Å². The topological polar surface area (TPSA) is 78.8 Å². The molecule has 0 radical (unpaired) electrons. The molecule has 0 saturated carbocycles. The van der Waals surface area contributed by atoms with Gasteiger partial charge in [-0.15, -0.1) is 0 Å². The number of hydrogen-bond acceptors (Lipinski definition) is 4. The van der Waals surface area contributed by atoms with Crippen molar-refractivity contribution in [3.05, 3.63) is 89.0 Å². The molecular weight excluding hydrogens is 366 g/mol. The van der Waals surface area contributed by atoms with Crippen molar-refractivity contribution in [2.75, 3.05) is 19.0 Å². The fraction of sp³-hybridized carbons (Fsp3) is 0.125. The van der Waals surface area contributed by atoms with E-state index in [9.17, 15) is 15.0 Å². The number of amides is 1. The van der Waals surface area contributed by atoms with Gasteiger partial charge in [-0.1, -0.05) is 48.2 Å². The van der Waals surface area contributed by atoms with Gasteiger partial charge in [0, 0.05) is 18.2 Å². The Bertz CT molecular complexity index is 1080. The fourth-order valence-corrected chi connectivity index (χ4v) is 3.80. The van der Waals surface area contributed by atoms with Crippen LogP contribution in [0.15, 0.2) is 66.7 Å². The van der Waals surface area contributed by atoms with Crippen molar-refractivity contribution in [2.45, 2.75) is 5.41 Å². The van der Waals surface area contributed by atoms with Crippen molar-refractivity contribution in [1.82, 2.24) is 0 Å². The minimum Gasteiger partial charge on any atom is -0.508 e. The van der Waals surface area contributed by atoms with Crippen LogP contribution in [0.5, 0.6) is 11.5 Å². The number of phenols is 2. The third kappa shape index (κ3) is 3.00. The third-order valence-electron chi connectivity index (χ3n) is 5.09. The van der Waals surface area contributed by atoms with Crippen LogP contribution in [0, 0.1) is 11.8 Å². The average Bonchev–Trinajstić information content (AvgIpc) is 3.03. The Morgan fingerprint density at radius 3 is 2.07 bits per heavy atom. The van der Waals surface area contributed by atoms with Crippen molar-refractivity contribution in [3.8, 4) is 23.3 Å². The maximum Gasteiger partial charge on any atom is 0.244 e. The van der Waals surface area contributed by atoms with Crippen molar-refractivity contribution in [3.63, 3.8) is 0 Å². The molecule has 0 bridgehead atoms. The van der Waals surface area contributed by atoms with E-state index in [0.29, 0.717) is 29.0 Å². The fourth-order valence-electron chi connectivity index (χ4n) is 3.80. The van der Waals surface area contributed by atoms with Crippen LogP contribution < -0.4 is 5.32 Å². The highest BCUT2D eigenvalue weighted by molar-refractivity contribution is 6.12. The van der Waals surface area contributed by atoms with E-state index in [2.05, 4.69) is 17.2 Å². The van der Waals surface area contributed by atoms with Crippen molar-refractivity contribution < 1.29 is 19.7 Å². The first-order chi connectivity index (χ1) is 14.1. The molecule has 0 fully saturated rings. The molecule has 3 aromatic carbocycles. The van der Waals surface area contributed by atoms with E-state index in [-0.39, 0.29) is 17.4 Å². The van der Waals surface area contributed by atoms with Gasteiger partial charge >= 0.3 is 0 Å². The Morgan fingerprint density at radius 1 is 0.931 bits per heavy atom. The second kappa shape index (κ2) is 7.34. The highest BCUT2D eigenvalue weighted by Crippen LogP contribution is 2.49. The first-order valence-corrected chi connectivity index (χ1v) is 9.09. The Hall–Kier alpha value is -3.75. The number of fused-ring (bicyclic) bond motifs is 1. The summed E-state index contributed by atoms with van der Waals surface area (Å²) >= 11 is 0. The Balaban J connectivity index is 2.00. The van der Waals surface area contributed by atoms with E-state index in [1.54, 1.807) is 55.6 Å². The summed E-state index contributed by atoms with van der Waals surface area (Å²) in [5, 5.41) is 22.5. The molecule has 144 valence electrons. The van der Waals surface area contributed by atoms with Crippen LogP contribution in [0.25, 0.3) is 0 Å². The van der Waals surface area contributed by atoms with Gasteiger partial charge in [0.05, 0.1) is 5.69 Å². The summed E-state index contributed by atoms with van der Waals surface area (Å²) in [5.74, 6) is 6.00. The number of carbonyl (C=O) groups excluding carboxylic acids is 1. The summed E-state index contributed by atoms with van der Waals surface area (Å²) in [5.41, 5.74) is 2.41. The van der Waals surface area contributed by atoms with Gasteiger partial charge in [0.2, 0.25) is 5.91 Å². The molecule has 0 unspecified atom stereocenters. The van der Waals surface area contributed by atoms with Crippen molar-refractivity contribution in [1.29, 1.82) is 0 Å². The van der Waals surface area contributed by atoms with Crippen LogP contribution in [0.1, 0.15) is 22.3 Å². The monoisotopic (exact) mass is 385 g/mol. The number of carbonyl (C=O) groups is 1. The van der Waals surface area contributed by atoms with Gasteiger partial charge in [0.25, 0.3) is 0 Å². The summed E-state index contributed by atoms with van der Waals surface area (Å²) in [6, 6.07) is 18.8. The van der Waals surface area contributed by atoms with E-state index in [4.69, 9.17) is 4.74 Å². The van der Waals surface area contributed by atoms with Crippen LogP contribution in [0.3, 0.4) is 0 Å². The van der Waals surface area contributed by atoms with Gasteiger partial charge in [0.1, 0.15) is 23.5 Å². The molecule has 1 heterocycles. The predicted molar refractivity (Wildman–Crippen MR) is 110 cm³/mol. The van der Waals surface area contributed by atoms with E-state index in [1.165, 1.54) is 0 Å². The number of benzene rings is 3. The number of anilines is 1. The number of rotatable bonds is 3. The zero-order valence-electron chi connectivity index (χ0n) is 15.8. The minimum atomic E-state index is -1.13. The lowest BCUT2D eigenvalue weighted by Crippen LogP contribution is -2.36. The van der Waals surface area contributed by atoms with Crippen molar-refractivity contribution in [2.24, 2.45) is 0 Å². The Kier molecular flexibility index (Phi) is 4.71. The van der Waals surface area contributed by atoms with Crippen LogP contribution in [-0.4, -0.2) is 29.8 Å². The van der Waals surface area contributed by atoms with E-state index in [1.807, 2.05) is 18.2 Å². The zero-order valence-corrected chi connectivity index (χ0v) is 15.8. The smallest absolute Gasteiger partial charge is 0.244 e. The molecule has 0 atom stereocenters. The molecule has 1 amide bonds. The van der Waals surface area contributed by atoms with E-state index >= 15 is 0 Å². The maximum atomic E-state index is 13.5.